The van der Waals surface area contributed by atoms with Crippen molar-refractivity contribution in [2.75, 3.05) is 20.0 Å². The number of carbonyl (C=O) groups excluding carboxylic acids is 1. The lowest BCUT2D eigenvalue weighted by molar-refractivity contribution is 0.0600. The molecule has 2 aromatic heterocycles. The third-order valence-electron chi connectivity index (χ3n) is 4.56. The van der Waals surface area contributed by atoms with E-state index >= 15 is 0 Å². The molecule has 0 fully saturated rings. The van der Waals surface area contributed by atoms with Crippen LogP contribution in [0.15, 0.2) is 30.6 Å². The van der Waals surface area contributed by atoms with E-state index in [9.17, 15) is 4.79 Å². The number of hydrogen-bond donors (Lipinski definition) is 1. The van der Waals surface area contributed by atoms with E-state index in [2.05, 4.69) is 28.0 Å². The van der Waals surface area contributed by atoms with Crippen LogP contribution in [0.4, 0.5) is 5.95 Å². The summed E-state index contributed by atoms with van der Waals surface area (Å²) in [5, 5.41) is 0. The van der Waals surface area contributed by atoms with E-state index in [-0.39, 0.29) is 5.95 Å². The van der Waals surface area contributed by atoms with Gasteiger partial charge in [-0.2, -0.15) is 4.98 Å². The molecule has 0 saturated heterocycles. The highest BCUT2D eigenvalue weighted by Crippen LogP contribution is 2.24. The molecule has 0 atom stereocenters. The number of nitrogens with zero attached hydrogens (tertiary/aromatic N) is 4. The van der Waals surface area contributed by atoms with Gasteiger partial charge in [0, 0.05) is 5.56 Å². The molecule has 152 valence electrons. The van der Waals surface area contributed by atoms with Gasteiger partial charge in [0.1, 0.15) is 11.3 Å². The van der Waals surface area contributed by atoms with Crippen LogP contribution in [0.25, 0.3) is 17.2 Å². The Hall–Kier alpha value is -3.42. The van der Waals surface area contributed by atoms with Crippen LogP contribution in [0.2, 0.25) is 0 Å². The maximum Gasteiger partial charge on any atom is 0.337 e. The maximum atomic E-state index is 11.8. The lowest BCUT2D eigenvalue weighted by Crippen LogP contribution is -2.06. The molecule has 3 aromatic rings. The van der Waals surface area contributed by atoms with Crippen LogP contribution in [-0.4, -0.2) is 39.7 Å². The molecule has 2 N–H and O–H groups in total. The summed E-state index contributed by atoms with van der Waals surface area (Å²) in [6, 6.07) is 5.19. The molecular weight excluding hydrogens is 370 g/mol. The summed E-state index contributed by atoms with van der Waals surface area (Å²) < 4.78 is 12.1. The van der Waals surface area contributed by atoms with Crippen molar-refractivity contribution in [2.45, 2.75) is 32.7 Å². The van der Waals surface area contributed by atoms with Crippen LogP contribution in [0.5, 0.6) is 5.75 Å². The molecule has 2 heterocycles. The van der Waals surface area contributed by atoms with E-state index in [1.165, 1.54) is 7.11 Å². The number of nitrogens with two attached hydrogens (primary N) is 1. The zero-order valence-electron chi connectivity index (χ0n) is 16.9. The third kappa shape index (κ3) is 4.53. The van der Waals surface area contributed by atoms with Crippen LogP contribution in [0.1, 0.15) is 47.8 Å². The number of aromatic nitrogens is 4. The number of benzene rings is 1. The van der Waals surface area contributed by atoms with Crippen LogP contribution >= 0.6 is 0 Å². The van der Waals surface area contributed by atoms with Crippen molar-refractivity contribution >= 4 is 29.2 Å². The van der Waals surface area contributed by atoms with Gasteiger partial charge >= 0.3 is 5.97 Å². The lowest BCUT2D eigenvalue weighted by Gasteiger charge is -2.11. The predicted molar refractivity (Wildman–Crippen MR) is 112 cm³/mol. The predicted octanol–water partition coefficient (Wildman–Crippen LogP) is 3.46. The number of imidazole rings is 1. The maximum absolute atomic E-state index is 11.8. The summed E-state index contributed by atoms with van der Waals surface area (Å²) in [5.41, 5.74) is 9.27. The summed E-state index contributed by atoms with van der Waals surface area (Å²) in [7, 11) is 2.91. The fourth-order valence-corrected chi connectivity index (χ4v) is 3.04. The largest absolute Gasteiger partial charge is 0.496 e. The van der Waals surface area contributed by atoms with Crippen molar-refractivity contribution in [3.8, 4) is 5.75 Å². The van der Waals surface area contributed by atoms with Gasteiger partial charge < -0.3 is 19.8 Å². The number of fused-ring (bicyclic) bond motifs is 1. The molecule has 0 aliphatic carbocycles. The molecule has 3 rings (SSSR count). The van der Waals surface area contributed by atoms with Crippen LogP contribution in [0, 0.1) is 0 Å². The van der Waals surface area contributed by atoms with E-state index in [1.54, 1.807) is 25.6 Å². The van der Waals surface area contributed by atoms with E-state index < -0.39 is 5.97 Å². The standard InChI is InChI=1S/C21H25N5O3/c1-4-5-6-7-8-16-18-19(25-21(22)24-16)26(13-23-18)12-15-10-9-14(20(27)29-3)11-17(15)28-2/h7-11,13H,4-6,12H2,1-3H3,(H2,22,24,25). The molecule has 1 aromatic carbocycles. The Morgan fingerprint density at radius 2 is 2.10 bits per heavy atom. The van der Waals surface area contributed by atoms with E-state index in [0.29, 0.717) is 34.7 Å². The van der Waals surface area contributed by atoms with E-state index in [1.807, 2.05) is 16.7 Å². The fraction of sp³-hybridized carbons (Fsp3) is 0.333. The summed E-state index contributed by atoms with van der Waals surface area (Å²) >= 11 is 0. The monoisotopic (exact) mass is 395 g/mol. The average molecular weight is 395 g/mol. The average Bonchev–Trinajstić information content (AvgIpc) is 3.13. The molecule has 0 bridgehead atoms. The van der Waals surface area contributed by atoms with Gasteiger partial charge in [-0.3, -0.25) is 0 Å². The number of hydrogen-bond acceptors (Lipinski definition) is 7. The van der Waals surface area contributed by atoms with Crippen molar-refractivity contribution in [1.29, 1.82) is 0 Å². The third-order valence-corrected chi connectivity index (χ3v) is 4.56. The van der Waals surface area contributed by atoms with Gasteiger partial charge in [0.2, 0.25) is 5.95 Å². The smallest absolute Gasteiger partial charge is 0.337 e. The number of anilines is 1. The zero-order valence-corrected chi connectivity index (χ0v) is 16.9. The van der Waals surface area contributed by atoms with E-state index in [0.717, 1.165) is 24.8 Å². The highest BCUT2D eigenvalue weighted by molar-refractivity contribution is 5.90. The van der Waals surface area contributed by atoms with Gasteiger partial charge in [-0.25, -0.2) is 14.8 Å². The second-order valence-electron chi connectivity index (χ2n) is 6.57. The molecule has 0 saturated carbocycles. The SMILES string of the molecule is CCCCC=Cc1nc(N)nc2c1ncn2Cc1ccc(C(=O)OC)cc1OC. The molecule has 0 radical (unpaired) electrons. The summed E-state index contributed by atoms with van der Waals surface area (Å²) in [4.78, 5) is 24.9. The van der Waals surface area contributed by atoms with Gasteiger partial charge in [-0.15, -0.1) is 0 Å². The van der Waals surface area contributed by atoms with Gasteiger partial charge in [-0.05, 0) is 24.6 Å². The Balaban J connectivity index is 1.94. The van der Waals surface area contributed by atoms with Crippen molar-refractivity contribution < 1.29 is 14.3 Å². The molecule has 8 nitrogen and oxygen atoms in total. The Bertz CT molecular complexity index is 1040. The number of methoxy groups -OCH3 is 2. The Kier molecular flexibility index (Phi) is 6.43. The molecule has 0 aliphatic rings. The number of nitrogen functional groups attached to an aromatic ring is 1. The first-order valence-electron chi connectivity index (χ1n) is 9.47. The molecule has 29 heavy (non-hydrogen) atoms. The van der Waals surface area contributed by atoms with E-state index in [4.69, 9.17) is 15.2 Å². The highest BCUT2D eigenvalue weighted by Gasteiger charge is 2.14. The normalized spacial score (nSPS) is 11.3. The first-order valence-corrected chi connectivity index (χ1v) is 9.47. The first kappa shape index (κ1) is 20.3. The molecule has 8 heteroatoms. The van der Waals surface area contributed by atoms with Crippen molar-refractivity contribution in [3.05, 3.63) is 47.4 Å². The number of esters is 1. The topological polar surface area (TPSA) is 105 Å². The number of allylic oxidation sites excluding steroid dienone is 1. The second kappa shape index (κ2) is 9.18. The van der Waals surface area contributed by atoms with Gasteiger partial charge in [0.05, 0.1) is 38.3 Å². The fourth-order valence-electron chi connectivity index (χ4n) is 3.04. The number of ether oxygens (including phenoxy) is 2. The number of unbranched alkanes of at least 4 members (excludes halogenated alkanes) is 2. The first-order chi connectivity index (χ1) is 14.1. The minimum absolute atomic E-state index is 0.197. The second-order valence-corrected chi connectivity index (χ2v) is 6.57. The van der Waals surface area contributed by atoms with Crippen LogP contribution in [0.3, 0.4) is 0 Å². The van der Waals surface area contributed by atoms with Crippen molar-refractivity contribution in [3.63, 3.8) is 0 Å². The van der Waals surface area contributed by atoms with Crippen LogP contribution in [-0.2, 0) is 11.3 Å². The minimum atomic E-state index is -0.414. The number of carbonyl (C=O) groups is 1. The Morgan fingerprint density at radius 3 is 2.83 bits per heavy atom. The molecule has 0 unspecified atom stereocenters. The van der Waals surface area contributed by atoms with Gasteiger partial charge in [-0.1, -0.05) is 31.9 Å². The van der Waals surface area contributed by atoms with Gasteiger partial charge in [0.15, 0.2) is 5.65 Å². The van der Waals surface area contributed by atoms with Crippen molar-refractivity contribution in [1.82, 2.24) is 19.5 Å². The molecular formula is C21H25N5O3. The number of rotatable bonds is 8. The Labute approximate surface area is 169 Å². The lowest BCUT2D eigenvalue weighted by atomic mass is 10.1. The zero-order chi connectivity index (χ0) is 20.8. The van der Waals surface area contributed by atoms with Crippen molar-refractivity contribution in [2.24, 2.45) is 0 Å². The van der Waals surface area contributed by atoms with Gasteiger partial charge in [0.25, 0.3) is 0 Å². The molecule has 0 spiro atoms. The Morgan fingerprint density at radius 1 is 1.28 bits per heavy atom. The minimum Gasteiger partial charge on any atom is -0.496 e. The molecule has 0 aliphatic heterocycles. The van der Waals surface area contributed by atoms with Crippen LogP contribution < -0.4 is 10.5 Å². The molecule has 0 amide bonds. The highest BCUT2D eigenvalue weighted by atomic mass is 16.5. The summed E-state index contributed by atoms with van der Waals surface area (Å²) in [6.45, 7) is 2.61. The quantitative estimate of drug-likeness (QED) is 0.460. The summed E-state index contributed by atoms with van der Waals surface area (Å²) in [6.07, 6.45) is 8.96. The summed E-state index contributed by atoms with van der Waals surface area (Å²) in [5.74, 6) is 0.363.